The molecule has 0 amide bonds. The molecule has 0 saturated carbocycles. The number of carbonyl (C=O) groups is 1. The Hall–Kier alpha value is -2.66. The highest BCUT2D eigenvalue weighted by molar-refractivity contribution is 6.35. The Kier molecular flexibility index (Phi) is 3.16. The largest absolute Gasteiger partial charge is 0.323 e. The predicted octanol–water partition coefficient (Wildman–Crippen LogP) is 3.43. The number of rotatable bonds is 1. The number of benzene rings is 1. The van der Waals surface area contributed by atoms with E-state index >= 15 is 0 Å². The highest BCUT2D eigenvalue weighted by Gasteiger charge is 2.28. The van der Waals surface area contributed by atoms with Gasteiger partial charge in [0.05, 0.1) is 5.02 Å². The number of fused-ring (bicyclic) bond motifs is 3. The summed E-state index contributed by atoms with van der Waals surface area (Å²) in [6, 6.07) is 12.5. The Labute approximate surface area is 137 Å². The molecule has 0 aliphatic carbocycles. The maximum Gasteiger partial charge on any atom is 0.207 e. The fraction of sp³-hybridized carbons (Fsp3) is 0.118. The first-order valence-corrected chi connectivity index (χ1v) is 7.64. The second-order valence-electron chi connectivity index (χ2n) is 5.36. The van der Waals surface area contributed by atoms with Crippen molar-refractivity contribution < 1.29 is 4.79 Å². The maximum absolute atomic E-state index is 12.7. The first-order chi connectivity index (χ1) is 11.1. The fourth-order valence-corrected chi connectivity index (χ4v) is 2.93. The second-order valence-corrected chi connectivity index (χ2v) is 5.77. The van der Waals surface area contributed by atoms with E-state index in [1.54, 1.807) is 17.4 Å². The first-order valence-electron chi connectivity index (χ1n) is 7.26. The van der Waals surface area contributed by atoms with Crippen molar-refractivity contribution in [2.24, 2.45) is 4.99 Å². The number of anilines is 1. The number of ketones is 1. The summed E-state index contributed by atoms with van der Waals surface area (Å²) in [7, 11) is 0. The van der Waals surface area contributed by atoms with Gasteiger partial charge in [0.1, 0.15) is 23.2 Å². The molecule has 0 saturated heterocycles. The molecule has 1 N–H and O–H groups in total. The van der Waals surface area contributed by atoms with Gasteiger partial charge in [-0.15, -0.1) is 0 Å². The average Bonchev–Trinajstić information content (AvgIpc) is 2.86. The number of nitrogens with one attached hydrogen (secondary N) is 1. The van der Waals surface area contributed by atoms with Crippen LogP contribution >= 0.6 is 11.6 Å². The van der Waals surface area contributed by atoms with Crippen LogP contribution in [0.3, 0.4) is 0 Å². The van der Waals surface area contributed by atoms with Gasteiger partial charge in [-0.3, -0.25) is 14.2 Å². The standard InChI is InChI=1S/C17H13ClN4O/c1-10-15(23)14-17(20-13-8-4-5-9-22(13)14)21-16(19-10)11-6-2-3-7-12(11)18/h2-10H,1H3,(H,19,21)/t10-/m0/s1. The molecule has 114 valence electrons. The third-order valence-electron chi connectivity index (χ3n) is 3.83. The first kappa shape index (κ1) is 14.0. The SMILES string of the molecule is C[C@@H]1N=C(c2ccccc2Cl)Nc2nc3ccccn3c2C1=O. The normalized spacial score (nSPS) is 17.4. The van der Waals surface area contributed by atoms with E-state index in [1.165, 1.54) is 0 Å². The molecular weight excluding hydrogens is 312 g/mol. The number of aromatic nitrogens is 2. The molecule has 2 aromatic heterocycles. The summed E-state index contributed by atoms with van der Waals surface area (Å²) in [5.41, 5.74) is 1.98. The Morgan fingerprint density at radius 1 is 1.17 bits per heavy atom. The topological polar surface area (TPSA) is 58.8 Å². The average molecular weight is 325 g/mol. The van der Waals surface area contributed by atoms with E-state index in [9.17, 15) is 4.79 Å². The van der Waals surface area contributed by atoms with E-state index in [2.05, 4.69) is 15.3 Å². The minimum atomic E-state index is -0.518. The summed E-state index contributed by atoms with van der Waals surface area (Å²) in [6.07, 6.45) is 1.83. The van der Waals surface area contributed by atoms with E-state index in [4.69, 9.17) is 11.6 Å². The Bertz CT molecular complexity index is 960. The number of amidine groups is 1. The monoisotopic (exact) mass is 324 g/mol. The van der Waals surface area contributed by atoms with Gasteiger partial charge in [-0.25, -0.2) is 4.98 Å². The molecule has 3 aromatic rings. The van der Waals surface area contributed by atoms with Crippen LogP contribution < -0.4 is 5.32 Å². The summed E-state index contributed by atoms with van der Waals surface area (Å²) in [4.78, 5) is 21.7. The number of imidazole rings is 1. The van der Waals surface area contributed by atoms with Crippen molar-refractivity contribution in [3.05, 3.63) is 64.9 Å². The van der Waals surface area contributed by atoms with Gasteiger partial charge in [0.15, 0.2) is 5.82 Å². The van der Waals surface area contributed by atoms with Crippen molar-refractivity contribution in [3.8, 4) is 0 Å². The van der Waals surface area contributed by atoms with E-state index in [-0.39, 0.29) is 5.78 Å². The number of Topliss-reactive ketones (excluding diaryl/α,β-unsaturated/α-hetero) is 1. The summed E-state index contributed by atoms with van der Waals surface area (Å²) in [5, 5.41) is 3.75. The van der Waals surface area contributed by atoms with Crippen molar-refractivity contribution in [1.29, 1.82) is 0 Å². The fourth-order valence-electron chi connectivity index (χ4n) is 2.70. The zero-order valence-electron chi connectivity index (χ0n) is 12.3. The van der Waals surface area contributed by atoms with Crippen LogP contribution in [-0.4, -0.2) is 27.0 Å². The number of pyridine rings is 1. The molecule has 0 unspecified atom stereocenters. The lowest BCUT2D eigenvalue weighted by molar-refractivity contribution is 0.0965. The predicted molar refractivity (Wildman–Crippen MR) is 90.6 cm³/mol. The lowest BCUT2D eigenvalue weighted by atomic mass is 10.1. The van der Waals surface area contributed by atoms with Crippen LogP contribution in [0.15, 0.2) is 53.7 Å². The summed E-state index contributed by atoms with van der Waals surface area (Å²) >= 11 is 6.27. The van der Waals surface area contributed by atoms with E-state index in [0.29, 0.717) is 28.0 Å². The minimum Gasteiger partial charge on any atom is -0.323 e. The van der Waals surface area contributed by atoms with Gasteiger partial charge in [-0.2, -0.15) is 0 Å². The number of carbonyl (C=O) groups excluding carboxylic acids is 1. The van der Waals surface area contributed by atoms with Crippen molar-refractivity contribution >= 4 is 34.7 Å². The molecule has 0 radical (unpaired) electrons. The number of halogens is 1. The van der Waals surface area contributed by atoms with Gasteiger partial charge in [0.25, 0.3) is 0 Å². The molecule has 1 atom stereocenters. The molecule has 1 aliphatic heterocycles. The molecule has 1 aromatic carbocycles. The summed E-state index contributed by atoms with van der Waals surface area (Å²) in [5.74, 6) is 0.982. The maximum atomic E-state index is 12.7. The smallest absolute Gasteiger partial charge is 0.207 e. The number of nitrogens with zero attached hydrogens (tertiary/aromatic N) is 3. The van der Waals surface area contributed by atoms with Crippen molar-refractivity contribution in [2.75, 3.05) is 5.32 Å². The van der Waals surface area contributed by atoms with Gasteiger partial charge in [0, 0.05) is 11.8 Å². The molecule has 6 heteroatoms. The third-order valence-corrected chi connectivity index (χ3v) is 4.16. The van der Waals surface area contributed by atoms with Gasteiger partial charge in [-0.1, -0.05) is 29.8 Å². The summed E-state index contributed by atoms with van der Waals surface area (Å²) < 4.78 is 1.78. The van der Waals surface area contributed by atoms with Crippen molar-refractivity contribution in [1.82, 2.24) is 9.38 Å². The number of hydrogen-bond donors (Lipinski definition) is 1. The van der Waals surface area contributed by atoms with Crippen LogP contribution in [0.5, 0.6) is 0 Å². The van der Waals surface area contributed by atoms with Crippen LogP contribution in [0.25, 0.3) is 5.65 Å². The van der Waals surface area contributed by atoms with Crippen LogP contribution in [0, 0.1) is 0 Å². The zero-order valence-corrected chi connectivity index (χ0v) is 13.1. The lowest BCUT2D eigenvalue weighted by Gasteiger charge is -2.09. The molecule has 3 heterocycles. The molecule has 1 aliphatic rings. The third kappa shape index (κ3) is 2.21. The van der Waals surface area contributed by atoms with E-state index in [1.807, 2.05) is 42.6 Å². The van der Waals surface area contributed by atoms with Crippen LogP contribution in [-0.2, 0) is 0 Å². The number of hydrogen-bond acceptors (Lipinski definition) is 4. The van der Waals surface area contributed by atoms with Gasteiger partial charge in [-0.05, 0) is 31.2 Å². The molecular formula is C17H13ClN4O. The molecule has 23 heavy (non-hydrogen) atoms. The van der Waals surface area contributed by atoms with Crippen LogP contribution in [0.4, 0.5) is 5.82 Å². The highest BCUT2D eigenvalue weighted by Crippen LogP contribution is 2.26. The van der Waals surface area contributed by atoms with Gasteiger partial charge >= 0.3 is 0 Å². The van der Waals surface area contributed by atoms with E-state index < -0.39 is 6.04 Å². The zero-order chi connectivity index (χ0) is 16.0. The van der Waals surface area contributed by atoms with Crippen LogP contribution in [0.2, 0.25) is 5.02 Å². The molecule has 0 spiro atoms. The summed E-state index contributed by atoms with van der Waals surface area (Å²) in [6.45, 7) is 1.78. The van der Waals surface area contributed by atoms with Crippen molar-refractivity contribution in [2.45, 2.75) is 13.0 Å². The molecule has 0 bridgehead atoms. The molecule has 4 rings (SSSR count). The second kappa shape index (κ2) is 5.21. The van der Waals surface area contributed by atoms with Gasteiger partial charge < -0.3 is 5.32 Å². The Morgan fingerprint density at radius 3 is 2.78 bits per heavy atom. The quantitative estimate of drug-likeness (QED) is 0.746. The highest BCUT2D eigenvalue weighted by atomic mass is 35.5. The van der Waals surface area contributed by atoms with E-state index in [0.717, 1.165) is 5.56 Å². The van der Waals surface area contributed by atoms with Gasteiger partial charge in [0.2, 0.25) is 5.78 Å². The Balaban J connectivity index is 1.92. The Morgan fingerprint density at radius 2 is 1.96 bits per heavy atom. The van der Waals surface area contributed by atoms with Crippen molar-refractivity contribution in [3.63, 3.8) is 0 Å². The molecule has 0 fully saturated rings. The minimum absolute atomic E-state index is 0.0757. The molecule has 5 nitrogen and oxygen atoms in total. The van der Waals surface area contributed by atoms with Crippen LogP contribution in [0.1, 0.15) is 23.0 Å². The lowest BCUT2D eigenvalue weighted by Crippen LogP contribution is -2.17. The number of aliphatic imine (C=N–C) groups is 1.